The van der Waals surface area contributed by atoms with Crippen LogP contribution in [0.5, 0.6) is 0 Å². The summed E-state index contributed by atoms with van der Waals surface area (Å²) in [5.41, 5.74) is 4.49. The van der Waals surface area contributed by atoms with Crippen LogP contribution in [0.2, 0.25) is 0 Å². The van der Waals surface area contributed by atoms with E-state index in [0.29, 0.717) is 5.56 Å². The fourth-order valence-corrected chi connectivity index (χ4v) is 3.48. The van der Waals surface area contributed by atoms with Crippen LogP contribution in [0.25, 0.3) is 5.57 Å². The van der Waals surface area contributed by atoms with Gasteiger partial charge in [-0.3, -0.25) is 0 Å². The molecule has 3 nitrogen and oxygen atoms in total. The maximum atomic E-state index is 11.3. The van der Waals surface area contributed by atoms with Gasteiger partial charge in [-0.2, -0.15) is 0 Å². The van der Waals surface area contributed by atoms with Crippen LogP contribution in [-0.4, -0.2) is 11.1 Å². The number of nitrogens with one attached hydrogen (secondary N) is 1. The van der Waals surface area contributed by atoms with E-state index >= 15 is 0 Å². The smallest absolute Gasteiger partial charge is 0.335 e. The Labute approximate surface area is 143 Å². The van der Waals surface area contributed by atoms with E-state index in [2.05, 4.69) is 43.1 Å². The van der Waals surface area contributed by atoms with Crippen LogP contribution >= 0.6 is 0 Å². The number of rotatable bonds is 5. The Morgan fingerprint density at radius 2 is 1.96 bits per heavy atom. The van der Waals surface area contributed by atoms with Gasteiger partial charge in [0.15, 0.2) is 0 Å². The monoisotopic (exact) mass is 321 g/mol. The average Bonchev–Trinajstić information content (AvgIpc) is 2.61. The molecule has 0 fully saturated rings. The molecule has 3 rings (SSSR count). The predicted molar refractivity (Wildman–Crippen MR) is 98.3 cm³/mol. The zero-order chi connectivity index (χ0) is 17.1. The molecule has 1 aliphatic rings. The van der Waals surface area contributed by atoms with Crippen molar-refractivity contribution in [3.05, 3.63) is 71.8 Å². The Morgan fingerprint density at radius 3 is 2.62 bits per heavy atom. The standard InChI is InChI=1S/C21H23NO2/c1-3-4-10-17-14(2)18-13-16(21(23)24)11-12-19(18)22-20(17)15-8-6-5-7-9-15/h5-9,11-13,17,20,22H,2-4,10H2,1H3,(H,23,24). The van der Waals surface area contributed by atoms with Crippen LogP contribution in [0.4, 0.5) is 5.69 Å². The third kappa shape index (κ3) is 3.07. The molecule has 0 aromatic heterocycles. The van der Waals surface area contributed by atoms with Gasteiger partial charge in [-0.15, -0.1) is 0 Å². The third-order valence-electron chi connectivity index (χ3n) is 4.80. The molecule has 0 saturated carbocycles. The Bertz CT molecular complexity index is 752. The van der Waals surface area contributed by atoms with Crippen LogP contribution in [0.15, 0.2) is 55.1 Å². The van der Waals surface area contributed by atoms with Crippen molar-refractivity contribution in [3.63, 3.8) is 0 Å². The molecule has 2 N–H and O–H groups in total. The van der Waals surface area contributed by atoms with Gasteiger partial charge in [0, 0.05) is 17.2 Å². The Kier molecular flexibility index (Phi) is 4.70. The van der Waals surface area contributed by atoms with Gasteiger partial charge in [0.2, 0.25) is 0 Å². The number of carbonyl (C=O) groups is 1. The fourth-order valence-electron chi connectivity index (χ4n) is 3.48. The molecule has 24 heavy (non-hydrogen) atoms. The maximum Gasteiger partial charge on any atom is 0.335 e. The first-order valence-corrected chi connectivity index (χ1v) is 8.49. The number of fused-ring (bicyclic) bond motifs is 1. The zero-order valence-corrected chi connectivity index (χ0v) is 14.0. The average molecular weight is 321 g/mol. The first-order valence-electron chi connectivity index (χ1n) is 8.49. The molecule has 0 aliphatic carbocycles. The second kappa shape index (κ2) is 6.91. The second-order valence-electron chi connectivity index (χ2n) is 6.37. The molecule has 1 heterocycles. The van der Waals surface area contributed by atoms with Gasteiger partial charge in [-0.25, -0.2) is 4.79 Å². The highest BCUT2D eigenvalue weighted by atomic mass is 16.4. The minimum atomic E-state index is -0.902. The quantitative estimate of drug-likeness (QED) is 0.778. The van der Waals surface area contributed by atoms with Crippen LogP contribution in [0.3, 0.4) is 0 Å². The van der Waals surface area contributed by atoms with Gasteiger partial charge < -0.3 is 10.4 Å². The van der Waals surface area contributed by atoms with Crippen molar-refractivity contribution in [2.24, 2.45) is 5.92 Å². The van der Waals surface area contributed by atoms with Crippen molar-refractivity contribution in [1.29, 1.82) is 0 Å². The number of carboxylic acid groups (broad SMARTS) is 1. The summed E-state index contributed by atoms with van der Waals surface area (Å²) in [6.07, 6.45) is 3.30. The van der Waals surface area contributed by atoms with E-state index in [0.717, 1.165) is 36.1 Å². The van der Waals surface area contributed by atoms with E-state index in [4.69, 9.17) is 0 Å². The molecule has 0 saturated heterocycles. The van der Waals surface area contributed by atoms with Crippen molar-refractivity contribution < 1.29 is 9.90 Å². The molecule has 2 aromatic carbocycles. The lowest BCUT2D eigenvalue weighted by atomic mass is 9.77. The molecule has 0 spiro atoms. The Morgan fingerprint density at radius 1 is 1.21 bits per heavy atom. The molecule has 124 valence electrons. The van der Waals surface area contributed by atoms with Gasteiger partial charge >= 0.3 is 5.97 Å². The summed E-state index contributed by atoms with van der Waals surface area (Å²) in [4.78, 5) is 11.3. The van der Waals surface area contributed by atoms with Crippen molar-refractivity contribution in [2.75, 3.05) is 5.32 Å². The van der Waals surface area contributed by atoms with Crippen LogP contribution in [0.1, 0.15) is 53.7 Å². The number of hydrogen-bond donors (Lipinski definition) is 2. The topological polar surface area (TPSA) is 49.3 Å². The molecule has 2 unspecified atom stereocenters. The first kappa shape index (κ1) is 16.3. The number of hydrogen-bond acceptors (Lipinski definition) is 2. The largest absolute Gasteiger partial charge is 0.478 e. The minimum Gasteiger partial charge on any atom is -0.478 e. The fraction of sp³-hybridized carbons (Fsp3) is 0.286. The summed E-state index contributed by atoms with van der Waals surface area (Å²) in [6.45, 7) is 6.52. The summed E-state index contributed by atoms with van der Waals surface area (Å²) in [5.74, 6) is -0.634. The van der Waals surface area contributed by atoms with Gasteiger partial charge in [0.05, 0.1) is 11.6 Å². The minimum absolute atomic E-state index is 0.174. The van der Waals surface area contributed by atoms with E-state index in [1.807, 2.05) is 12.1 Å². The summed E-state index contributed by atoms with van der Waals surface area (Å²) in [6, 6.07) is 15.8. The van der Waals surface area contributed by atoms with Gasteiger partial charge in [-0.1, -0.05) is 56.7 Å². The van der Waals surface area contributed by atoms with E-state index in [1.165, 1.54) is 5.56 Å². The molecule has 0 radical (unpaired) electrons. The second-order valence-corrected chi connectivity index (χ2v) is 6.37. The highest BCUT2D eigenvalue weighted by molar-refractivity contribution is 5.91. The lowest BCUT2D eigenvalue weighted by Gasteiger charge is -2.37. The number of benzene rings is 2. The number of aromatic carboxylic acids is 1. The first-order chi connectivity index (χ1) is 11.6. The highest BCUT2D eigenvalue weighted by Crippen LogP contribution is 2.45. The molecule has 1 aliphatic heterocycles. The molecule has 2 atom stereocenters. The molecular weight excluding hydrogens is 298 g/mol. The summed E-state index contributed by atoms with van der Waals surface area (Å²) in [7, 11) is 0. The lowest BCUT2D eigenvalue weighted by Crippen LogP contribution is -2.27. The molecule has 0 amide bonds. The van der Waals surface area contributed by atoms with E-state index in [1.54, 1.807) is 12.1 Å². The van der Waals surface area contributed by atoms with Crippen LogP contribution in [-0.2, 0) is 0 Å². The third-order valence-corrected chi connectivity index (χ3v) is 4.80. The molecular formula is C21H23NO2. The van der Waals surface area contributed by atoms with Crippen molar-refractivity contribution in [1.82, 2.24) is 0 Å². The molecule has 0 bridgehead atoms. The summed E-state index contributed by atoms with van der Waals surface area (Å²) < 4.78 is 0. The predicted octanol–water partition coefficient (Wildman–Crippen LogP) is 5.37. The van der Waals surface area contributed by atoms with Gasteiger partial charge in [-0.05, 0) is 35.8 Å². The van der Waals surface area contributed by atoms with E-state index in [9.17, 15) is 9.90 Å². The number of carboxylic acids is 1. The van der Waals surface area contributed by atoms with Crippen LogP contribution in [0, 0.1) is 5.92 Å². The number of anilines is 1. The zero-order valence-electron chi connectivity index (χ0n) is 14.0. The van der Waals surface area contributed by atoms with E-state index in [-0.39, 0.29) is 12.0 Å². The van der Waals surface area contributed by atoms with Crippen molar-refractivity contribution >= 4 is 17.2 Å². The molecule has 2 aromatic rings. The Balaban J connectivity index is 2.02. The highest BCUT2D eigenvalue weighted by Gasteiger charge is 2.32. The van der Waals surface area contributed by atoms with E-state index < -0.39 is 5.97 Å². The SMILES string of the molecule is C=C1c2cc(C(=O)O)ccc2NC(c2ccccc2)C1CCCC. The van der Waals surface area contributed by atoms with Crippen LogP contribution < -0.4 is 5.32 Å². The van der Waals surface area contributed by atoms with Crippen molar-refractivity contribution in [2.45, 2.75) is 32.2 Å². The van der Waals surface area contributed by atoms with Gasteiger partial charge in [0.1, 0.15) is 0 Å². The number of unbranched alkanes of at least 4 members (excludes halogenated alkanes) is 1. The van der Waals surface area contributed by atoms with Gasteiger partial charge in [0.25, 0.3) is 0 Å². The summed E-state index contributed by atoms with van der Waals surface area (Å²) >= 11 is 0. The Hall–Kier alpha value is -2.55. The summed E-state index contributed by atoms with van der Waals surface area (Å²) in [5, 5.41) is 12.9. The maximum absolute atomic E-state index is 11.3. The lowest BCUT2D eigenvalue weighted by molar-refractivity contribution is 0.0697. The normalized spacial score (nSPS) is 19.5. The van der Waals surface area contributed by atoms with Crippen molar-refractivity contribution in [3.8, 4) is 0 Å². The molecule has 3 heteroatoms.